The van der Waals surface area contributed by atoms with Gasteiger partial charge in [0.05, 0.1) is 6.54 Å². The average Bonchev–Trinajstić information content (AvgIpc) is 3.47. The summed E-state index contributed by atoms with van der Waals surface area (Å²) in [6.07, 6.45) is 9.13. The molecule has 0 aliphatic carbocycles. The molecular formula is C32H50N4O5. The number of amides is 3. The highest BCUT2D eigenvalue weighted by molar-refractivity contribution is 5.89. The van der Waals surface area contributed by atoms with Gasteiger partial charge in [-0.25, -0.2) is 20.3 Å². The molecule has 9 nitrogen and oxygen atoms in total. The van der Waals surface area contributed by atoms with Crippen LogP contribution in [-0.2, 0) is 24.0 Å². The SMILES string of the molecule is CC(C)CCC(=O)N([C@@H](CC=Cc1ccccc1)C(=O)NO[C@@H]1CCCCO1)N(CC(C)C)C(=O)CN1CCCC1. The number of nitrogens with one attached hydrogen (secondary N) is 1. The standard InChI is InChI=1S/C32H50N4O5/c1-25(2)18-19-29(37)36(35(23-26(3)4)30(38)24-34-20-9-10-21-34)28(16-12-15-27-13-6-5-7-14-27)32(39)33-41-31-17-8-11-22-40-31/h5-7,12-15,25-26,28,31H,8-11,16-24H2,1-4H3,(H,33,39)/t28-,31+/m0/s1. The van der Waals surface area contributed by atoms with E-state index >= 15 is 0 Å². The lowest BCUT2D eigenvalue weighted by molar-refractivity contribution is -0.206. The zero-order chi connectivity index (χ0) is 29.6. The number of hydrazine groups is 1. The number of carbonyl (C=O) groups excluding carboxylic acids is 3. The van der Waals surface area contributed by atoms with Crippen molar-refractivity contribution >= 4 is 23.8 Å². The summed E-state index contributed by atoms with van der Waals surface area (Å²) < 4.78 is 5.63. The molecule has 0 radical (unpaired) electrons. The van der Waals surface area contributed by atoms with Gasteiger partial charge in [0.1, 0.15) is 6.04 Å². The van der Waals surface area contributed by atoms with Crippen LogP contribution in [0.15, 0.2) is 36.4 Å². The minimum absolute atomic E-state index is 0.0911. The van der Waals surface area contributed by atoms with Crippen molar-refractivity contribution in [3.05, 3.63) is 42.0 Å². The summed E-state index contributed by atoms with van der Waals surface area (Å²) in [5.74, 6) is -0.487. The van der Waals surface area contributed by atoms with Crippen LogP contribution in [0, 0.1) is 11.8 Å². The molecule has 2 aliphatic rings. The lowest BCUT2D eigenvalue weighted by Crippen LogP contribution is -2.61. The first kappa shape index (κ1) is 32.8. The first-order chi connectivity index (χ1) is 19.7. The first-order valence-corrected chi connectivity index (χ1v) is 15.4. The van der Waals surface area contributed by atoms with Crippen molar-refractivity contribution in [3.8, 4) is 0 Å². The number of nitrogens with zero attached hydrogens (tertiary/aromatic N) is 3. The molecule has 2 aliphatic heterocycles. The van der Waals surface area contributed by atoms with Crippen molar-refractivity contribution in [1.29, 1.82) is 0 Å². The second kappa shape index (κ2) is 17.3. The minimum Gasteiger partial charge on any atom is -0.350 e. The first-order valence-electron chi connectivity index (χ1n) is 15.4. The van der Waals surface area contributed by atoms with Crippen LogP contribution in [0.3, 0.4) is 0 Å². The summed E-state index contributed by atoms with van der Waals surface area (Å²) in [5.41, 5.74) is 3.57. The van der Waals surface area contributed by atoms with Crippen molar-refractivity contribution in [3.63, 3.8) is 0 Å². The number of carbonyl (C=O) groups is 3. The van der Waals surface area contributed by atoms with E-state index in [0.717, 1.165) is 44.3 Å². The fourth-order valence-electron chi connectivity index (χ4n) is 5.08. The van der Waals surface area contributed by atoms with Gasteiger partial charge in [-0.3, -0.25) is 19.3 Å². The van der Waals surface area contributed by atoms with Crippen molar-refractivity contribution in [2.75, 3.05) is 32.8 Å². The molecule has 9 heteroatoms. The Morgan fingerprint density at radius 3 is 2.39 bits per heavy atom. The second-order valence-corrected chi connectivity index (χ2v) is 12.0. The molecule has 0 aromatic heterocycles. The maximum absolute atomic E-state index is 13.9. The molecule has 41 heavy (non-hydrogen) atoms. The third-order valence-electron chi connectivity index (χ3n) is 7.33. The summed E-state index contributed by atoms with van der Waals surface area (Å²) >= 11 is 0. The number of ether oxygens (including phenoxy) is 1. The van der Waals surface area contributed by atoms with Crippen molar-refractivity contribution < 1.29 is 24.0 Å². The van der Waals surface area contributed by atoms with E-state index in [9.17, 15) is 14.4 Å². The van der Waals surface area contributed by atoms with Crippen LogP contribution in [-0.4, -0.2) is 77.8 Å². The van der Waals surface area contributed by atoms with Crippen LogP contribution in [0.2, 0.25) is 0 Å². The van der Waals surface area contributed by atoms with Crippen molar-refractivity contribution in [2.24, 2.45) is 11.8 Å². The topological polar surface area (TPSA) is 91.4 Å². The normalized spacial score (nSPS) is 18.6. The van der Waals surface area contributed by atoms with E-state index in [4.69, 9.17) is 9.57 Å². The van der Waals surface area contributed by atoms with Gasteiger partial charge in [0.15, 0.2) is 6.29 Å². The summed E-state index contributed by atoms with van der Waals surface area (Å²) in [6, 6.07) is 8.83. The van der Waals surface area contributed by atoms with E-state index in [1.165, 1.54) is 10.0 Å². The molecule has 2 atom stereocenters. The molecule has 0 saturated carbocycles. The van der Waals surface area contributed by atoms with Crippen LogP contribution in [0.25, 0.3) is 6.08 Å². The Morgan fingerprint density at radius 2 is 1.76 bits per heavy atom. The summed E-state index contributed by atoms with van der Waals surface area (Å²) in [6.45, 7) is 11.0. The van der Waals surface area contributed by atoms with E-state index < -0.39 is 18.2 Å². The molecule has 0 spiro atoms. The van der Waals surface area contributed by atoms with E-state index in [1.807, 2.05) is 56.3 Å². The smallest absolute Gasteiger partial charge is 0.268 e. The van der Waals surface area contributed by atoms with Gasteiger partial charge in [-0.15, -0.1) is 0 Å². The van der Waals surface area contributed by atoms with E-state index in [0.29, 0.717) is 31.9 Å². The van der Waals surface area contributed by atoms with Gasteiger partial charge in [-0.05, 0) is 69.0 Å². The molecule has 2 heterocycles. The Bertz CT molecular complexity index is 972. The third-order valence-corrected chi connectivity index (χ3v) is 7.33. The average molecular weight is 571 g/mol. The molecule has 0 unspecified atom stereocenters. The van der Waals surface area contributed by atoms with Gasteiger partial charge in [0, 0.05) is 26.0 Å². The van der Waals surface area contributed by atoms with Crippen LogP contribution in [0.5, 0.6) is 0 Å². The van der Waals surface area contributed by atoms with Crippen LogP contribution in [0.4, 0.5) is 0 Å². The predicted octanol–water partition coefficient (Wildman–Crippen LogP) is 4.79. The van der Waals surface area contributed by atoms with Gasteiger partial charge in [0.2, 0.25) is 5.91 Å². The van der Waals surface area contributed by atoms with E-state index in [2.05, 4.69) is 24.2 Å². The molecule has 2 fully saturated rings. The highest BCUT2D eigenvalue weighted by Crippen LogP contribution is 2.20. The van der Waals surface area contributed by atoms with Crippen LogP contribution in [0.1, 0.15) is 84.6 Å². The molecule has 3 rings (SSSR count). The van der Waals surface area contributed by atoms with E-state index in [-0.39, 0.29) is 37.1 Å². The zero-order valence-corrected chi connectivity index (χ0v) is 25.4. The maximum Gasteiger partial charge on any atom is 0.268 e. The predicted molar refractivity (Wildman–Crippen MR) is 160 cm³/mol. The highest BCUT2D eigenvalue weighted by atomic mass is 16.8. The summed E-state index contributed by atoms with van der Waals surface area (Å²) in [5, 5.41) is 2.96. The van der Waals surface area contributed by atoms with Crippen LogP contribution >= 0.6 is 0 Å². The molecule has 1 aromatic carbocycles. The Hall–Kier alpha value is -2.75. The minimum atomic E-state index is -0.973. The number of benzene rings is 1. The van der Waals surface area contributed by atoms with Crippen molar-refractivity contribution in [1.82, 2.24) is 20.4 Å². The van der Waals surface area contributed by atoms with Crippen LogP contribution < -0.4 is 5.48 Å². The Morgan fingerprint density at radius 1 is 1.02 bits per heavy atom. The lowest BCUT2D eigenvalue weighted by atomic mass is 10.1. The molecule has 1 N–H and O–H groups in total. The molecular weight excluding hydrogens is 520 g/mol. The summed E-state index contributed by atoms with van der Waals surface area (Å²) in [4.78, 5) is 49.4. The van der Waals surface area contributed by atoms with Crippen molar-refractivity contribution in [2.45, 2.75) is 91.4 Å². The van der Waals surface area contributed by atoms with Gasteiger partial charge in [0.25, 0.3) is 11.8 Å². The lowest BCUT2D eigenvalue weighted by Gasteiger charge is -2.41. The van der Waals surface area contributed by atoms with Gasteiger partial charge in [-0.1, -0.05) is 70.2 Å². The van der Waals surface area contributed by atoms with E-state index in [1.54, 1.807) is 0 Å². The fraction of sp³-hybridized carbons (Fsp3) is 0.656. The second-order valence-electron chi connectivity index (χ2n) is 12.0. The number of hydrogen-bond acceptors (Lipinski definition) is 6. The van der Waals surface area contributed by atoms with Gasteiger partial charge >= 0.3 is 0 Å². The molecule has 2 saturated heterocycles. The molecule has 0 bridgehead atoms. The number of hydroxylamine groups is 1. The Balaban J connectivity index is 1.92. The number of hydrogen-bond donors (Lipinski definition) is 1. The van der Waals surface area contributed by atoms with Gasteiger partial charge in [-0.2, -0.15) is 0 Å². The monoisotopic (exact) mass is 570 g/mol. The number of rotatable bonds is 14. The van der Waals surface area contributed by atoms with Gasteiger partial charge < -0.3 is 4.74 Å². The summed E-state index contributed by atoms with van der Waals surface area (Å²) in [7, 11) is 0. The fourth-order valence-corrected chi connectivity index (χ4v) is 5.08. The quantitative estimate of drug-likeness (QED) is 0.324. The Kier molecular flexibility index (Phi) is 13.8. The zero-order valence-electron chi connectivity index (χ0n) is 25.4. The molecule has 3 amide bonds. The molecule has 228 valence electrons. The number of likely N-dealkylation sites (tertiary alicyclic amines) is 1. The highest BCUT2D eigenvalue weighted by Gasteiger charge is 2.37. The molecule has 1 aromatic rings. The maximum atomic E-state index is 13.9. The third kappa shape index (κ3) is 11.2. The Labute approximate surface area is 246 Å². The largest absolute Gasteiger partial charge is 0.350 e.